The zero-order chi connectivity index (χ0) is 28.4. The molecule has 4 nitrogen and oxygen atoms in total. The number of carbonyl (C=O) groups is 1. The smallest absolute Gasteiger partial charge is 0.368 e. The second kappa shape index (κ2) is 11.4. The van der Waals surface area contributed by atoms with Crippen LogP contribution < -0.4 is 4.90 Å². The van der Waals surface area contributed by atoms with E-state index in [0.29, 0.717) is 38.3 Å². The minimum absolute atomic E-state index is 0.0600. The maximum absolute atomic E-state index is 13.7. The van der Waals surface area contributed by atoms with E-state index in [9.17, 15) is 18.0 Å². The lowest BCUT2D eigenvalue weighted by Crippen LogP contribution is -2.49. The van der Waals surface area contributed by atoms with Gasteiger partial charge in [-0.2, -0.15) is 24.5 Å². The van der Waals surface area contributed by atoms with Gasteiger partial charge in [-0.25, -0.2) is 0 Å². The van der Waals surface area contributed by atoms with Crippen LogP contribution in [0.25, 0.3) is 10.9 Å². The number of carbonyl (C=O) groups excluding carboxylic acids is 1. The standard InChI is InChI=1S/C33H30F3N3OS/c34-33(35,36)26-9-6-10-27(19-26)37-14-16-38(17-15-37)32(40)20-29(25-13-18-41-23-25)30-22-39(21-24-7-2-1-3-8-24)31-12-5-4-11-28(30)31/h1-13,18-19,22-23,29H,14-17,20-21H2. The average molecular weight is 574 g/mol. The third-order valence-corrected chi connectivity index (χ3v) is 8.59. The fourth-order valence-electron chi connectivity index (χ4n) is 5.74. The van der Waals surface area contributed by atoms with Crippen LogP contribution in [0.1, 0.15) is 34.6 Å². The Labute approximate surface area is 241 Å². The van der Waals surface area contributed by atoms with Gasteiger partial charge in [0, 0.05) is 67.8 Å². The van der Waals surface area contributed by atoms with Gasteiger partial charge in [-0.15, -0.1) is 0 Å². The topological polar surface area (TPSA) is 28.5 Å². The molecule has 1 aliphatic rings. The third-order valence-electron chi connectivity index (χ3n) is 7.89. The molecule has 0 aliphatic carbocycles. The molecule has 2 aromatic heterocycles. The van der Waals surface area contributed by atoms with E-state index in [-0.39, 0.29) is 11.8 Å². The van der Waals surface area contributed by atoms with Gasteiger partial charge in [-0.05, 0) is 57.8 Å². The van der Waals surface area contributed by atoms with E-state index < -0.39 is 11.7 Å². The third kappa shape index (κ3) is 5.88. The van der Waals surface area contributed by atoms with Crippen molar-refractivity contribution in [1.82, 2.24) is 9.47 Å². The summed E-state index contributed by atoms with van der Waals surface area (Å²) in [5, 5.41) is 5.30. The summed E-state index contributed by atoms with van der Waals surface area (Å²) in [7, 11) is 0. The van der Waals surface area contributed by atoms with E-state index in [0.717, 1.165) is 34.6 Å². The monoisotopic (exact) mass is 573 g/mol. The number of hydrogen-bond acceptors (Lipinski definition) is 3. The molecule has 5 aromatic rings. The predicted molar refractivity (Wildman–Crippen MR) is 158 cm³/mol. The summed E-state index contributed by atoms with van der Waals surface area (Å²) in [6, 6.07) is 26.2. The summed E-state index contributed by atoms with van der Waals surface area (Å²) < 4.78 is 41.9. The Morgan fingerprint density at radius 3 is 2.37 bits per heavy atom. The van der Waals surface area contributed by atoms with Gasteiger partial charge in [0.05, 0.1) is 5.56 Å². The zero-order valence-corrected chi connectivity index (χ0v) is 23.2. The molecule has 8 heteroatoms. The number of hydrogen-bond donors (Lipinski definition) is 0. The molecule has 210 valence electrons. The molecule has 0 radical (unpaired) electrons. The molecule has 1 saturated heterocycles. The number of rotatable bonds is 7. The molecule has 1 aliphatic heterocycles. The fourth-order valence-corrected chi connectivity index (χ4v) is 6.46. The molecule has 1 amide bonds. The van der Waals surface area contributed by atoms with Crippen molar-refractivity contribution in [2.75, 3.05) is 31.1 Å². The van der Waals surface area contributed by atoms with Gasteiger partial charge in [-0.3, -0.25) is 4.79 Å². The van der Waals surface area contributed by atoms with Crippen molar-refractivity contribution >= 4 is 33.8 Å². The maximum atomic E-state index is 13.7. The second-order valence-corrected chi connectivity index (χ2v) is 11.2. The van der Waals surface area contributed by atoms with Crippen molar-refractivity contribution in [3.05, 3.63) is 124 Å². The van der Waals surface area contributed by atoms with E-state index in [1.807, 2.05) is 45.5 Å². The minimum atomic E-state index is -4.38. The Hall–Kier alpha value is -4.04. The van der Waals surface area contributed by atoms with Gasteiger partial charge in [0.15, 0.2) is 0 Å². The lowest BCUT2D eigenvalue weighted by Gasteiger charge is -2.37. The van der Waals surface area contributed by atoms with Crippen LogP contribution in [0, 0.1) is 0 Å². The first kappa shape index (κ1) is 27.1. The van der Waals surface area contributed by atoms with Crippen molar-refractivity contribution < 1.29 is 18.0 Å². The lowest BCUT2D eigenvalue weighted by atomic mass is 9.89. The van der Waals surface area contributed by atoms with Crippen molar-refractivity contribution in [2.24, 2.45) is 0 Å². The van der Waals surface area contributed by atoms with E-state index in [4.69, 9.17) is 0 Å². The number of piperazine rings is 1. The highest BCUT2D eigenvalue weighted by molar-refractivity contribution is 7.08. The number of benzene rings is 3. The van der Waals surface area contributed by atoms with Gasteiger partial charge in [0.1, 0.15) is 0 Å². The van der Waals surface area contributed by atoms with Crippen molar-refractivity contribution in [3.63, 3.8) is 0 Å². The molecular formula is C33H30F3N3OS. The SMILES string of the molecule is O=C(CC(c1ccsc1)c1cn(Cc2ccccc2)c2ccccc12)N1CCN(c2cccc(C(F)(F)F)c2)CC1. The van der Waals surface area contributed by atoms with E-state index in [1.54, 1.807) is 17.4 Å². The molecule has 0 spiro atoms. The average Bonchev–Trinajstić information content (AvgIpc) is 3.65. The molecule has 0 N–H and O–H groups in total. The molecule has 6 rings (SSSR count). The highest BCUT2D eigenvalue weighted by Gasteiger charge is 2.32. The molecular weight excluding hydrogens is 543 g/mol. The summed E-state index contributed by atoms with van der Waals surface area (Å²) in [5.74, 6) is -0.0399. The Morgan fingerprint density at radius 1 is 0.878 bits per heavy atom. The zero-order valence-electron chi connectivity index (χ0n) is 22.4. The van der Waals surface area contributed by atoms with Crippen LogP contribution in [0.2, 0.25) is 0 Å². The quantitative estimate of drug-likeness (QED) is 0.200. The number of thiophene rings is 1. The molecule has 1 fully saturated rings. The van der Waals surface area contributed by atoms with Crippen molar-refractivity contribution in [3.8, 4) is 0 Å². The Balaban J connectivity index is 1.22. The summed E-state index contributed by atoms with van der Waals surface area (Å²) >= 11 is 1.62. The van der Waals surface area contributed by atoms with Crippen molar-refractivity contribution in [2.45, 2.75) is 25.1 Å². The summed E-state index contributed by atoms with van der Waals surface area (Å²) in [4.78, 5) is 17.5. The number of aromatic nitrogens is 1. The van der Waals surface area contributed by atoms with Crippen LogP contribution in [-0.2, 0) is 17.5 Å². The molecule has 3 aromatic carbocycles. The molecule has 1 atom stereocenters. The number of halogens is 3. The fraction of sp³-hybridized carbons (Fsp3) is 0.242. The van der Waals surface area contributed by atoms with Crippen LogP contribution in [0.15, 0.2) is 102 Å². The first-order valence-electron chi connectivity index (χ1n) is 13.7. The first-order chi connectivity index (χ1) is 19.9. The Kier molecular flexibility index (Phi) is 7.58. The van der Waals surface area contributed by atoms with Crippen LogP contribution >= 0.6 is 11.3 Å². The van der Waals surface area contributed by atoms with Crippen LogP contribution in [0.5, 0.6) is 0 Å². The Bertz CT molecular complexity index is 1620. The Morgan fingerprint density at radius 2 is 1.63 bits per heavy atom. The van der Waals surface area contributed by atoms with E-state index in [2.05, 4.69) is 46.5 Å². The largest absolute Gasteiger partial charge is 0.416 e. The maximum Gasteiger partial charge on any atom is 0.416 e. The number of anilines is 1. The molecule has 3 heterocycles. The van der Waals surface area contributed by atoms with Crippen molar-refractivity contribution in [1.29, 1.82) is 0 Å². The predicted octanol–water partition coefficient (Wildman–Crippen LogP) is 7.64. The second-order valence-electron chi connectivity index (χ2n) is 10.4. The number of para-hydroxylation sites is 1. The lowest BCUT2D eigenvalue weighted by molar-refractivity contribution is -0.137. The molecule has 41 heavy (non-hydrogen) atoms. The number of fused-ring (bicyclic) bond motifs is 1. The number of nitrogens with zero attached hydrogens (tertiary/aromatic N) is 3. The summed E-state index contributed by atoms with van der Waals surface area (Å²) in [6.07, 6.45) is -1.85. The van der Waals surface area contributed by atoms with Gasteiger partial charge in [-0.1, -0.05) is 54.6 Å². The highest BCUT2D eigenvalue weighted by Crippen LogP contribution is 2.37. The minimum Gasteiger partial charge on any atom is -0.368 e. The van der Waals surface area contributed by atoms with Crippen LogP contribution in [-0.4, -0.2) is 41.6 Å². The number of amides is 1. The number of alkyl halides is 3. The normalized spacial score (nSPS) is 14.9. The first-order valence-corrected chi connectivity index (χ1v) is 14.6. The van der Waals surface area contributed by atoms with E-state index >= 15 is 0 Å². The molecule has 0 bridgehead atoms. The summed E-state index contributed by atoms with van der Waals surface area (Å²) in [5.41, 5.74) is 4.47. The van der Waals surface area contributed by atoms with Crippen LogP contribution in [0.4, 0.5) is 18.9 Å². The highest BCUT2D eigenvalue weighted by atomic mass is 32.1. The van der Waals surface area contributed by atoms with Gasteiger partial charge in [0.25, 0.3) is 0 Å². The summed E-state index contributed by atoms with van der Waals surface area (Å²) in [6.45, 7) is 2.67. The van der Waals surface area contributed by atoms with Gasteiger partial charge >= 0.3 is 6.18 Å². The van der Waals surface area contributed by atoms with Crippen LogP contribution in [0.3, 0.4) is 0 Å². The van der Waals surface area contributed by atoms with Gasteiger partial charge < -0.3 is 14.4 Å². The molecule has 0 saturated carbocycles. The van der Waals surface area contributed by atoms with E-state index in [1.165, 1.54) is 17.7 Å². The van der Waals surface area contributed by atoms with Gasteiger partial charge in [0.2, 0.25) is 5.91 Å². The molecule has 1 unspecified atom stereocenters.